The van der Waals surface area contributed by atoms with Gasteiger partial charge in [0.15, 0.2) is 0 Å². The average molecular weight is 317 g/mol. The molecule has 0 radical (unpaired) electrons. The van der Waals surface area contributed by atoms with E-state index in [-0.39, 0.29) is 5.91 Å². The molecule has 1 heterocycles. The Labute approximate surface area is 136 Å². The summed E-state index contributed by atoms with van der Waals surface area (Å²) in [7, 11) is 0. The van der Waals surface area contributed by atoms with E-state index in [0.29, 0.717) is 11.0 Å². The molecule has 5 heteroatoms. The summed E-state index contributed by atoms with van der Waals surface area (Å²) in [4.78, 5) is 12.5. The van der Waals surface area contributed by atoms with Crippen LogP contribution in [0.1, 0.15) is 64.7 Å². The molecule has 0 saturated carbocycles. The third-order valence-corrected chi connectivity index (χ3v) is 4.90. The summed E-state index contributed by atoms with van der Waals surface area (Å²) in [6.45, 7) is 10.3. The molecule has 0 aliphatic rings. The fraction of sp³-hybridized carbons (Fsp3) is 0.471. The van der Waals surface area contributed by atoms with E-state index >= 15 is 0 Å². The second kappa shape index (κ2) is 7.01. The molecule has 1 aromatic carbocycles. The molecular formula is C17H23N3OS. The second-order valence-corrected chi connectivity index (χ2v) is 6.70. The molecule has 1 amide bonds. The molecule has 22 heavy (non-hydrogen) atoms. The van der Waals surface area contributed by atoms with Gasteiger partial charge in [-0.25, -0.2) is 0 Å². The Kier molecular flexibility index (Phi) is 5.29. The van der Waals surface area contributed by atoms with E-state index in [0.717, 1.165) is 34.5 Å². The van der Waals surface area contributed by atoms with Gasteiger partial charge < -0.3 is 0 Å². The van der Waals surface area contributed by atoms with Crippen LogP contribution in [0.4, 0.5) is 5.13 Å². The highest BCUT2D eigenvalue weighted by Gasteiger charge is 2.17. The molecule has 0 saturated heterocycles. The fourth-order valence-corrected chi connectivity index (χ4v) is 3.79. The Morgan fingerprint density at radius 1 is 1.14 bits per heavy atom. The van der Waals surface area contributed by atoms with Gasteiger partial charge in [-0.15, -0.1) is 10.2 Å². The maximum atomic E-state index is 12.5. The number of anilines is 1. The van der Waals surface area contributed by atoms with Crippen LogP contribution in [-0.4, -0.2) is 16.1 Å². The van der Waals surface area contributed by atoms with E-state index in [2.05, 4.69) is 29.4 Å². The van der Waals surface area contributed by atoms with Crippen LogP contribution < -0.4 is 5.32 Å². The Bertz CT molecular complexity index is 651. The Morgan fingerprint density at radius 3 is 2.27 bits per heavy atom. The standard InChI is InChI=1S/C17H23N3OS/c1-6-13(7-2)16-19-20-17(22-16)18-15(21)14-11(4)8-10(3)9-12(14)5/h8-9,13H,6-7H2,1-5H3,(H,18,20,21). The molecule has 0 aliphatic heterocycles. The number of amides is 1. The van der Waals surface area contributed by atoms with Crippen molar-refractivity contribution in [3.63, 3.8) is 0 Å². The van der Waals surface area contributed by atoms with Gasteiger partial charge in [-0.1, -0.05) is 42.9 Å². The first-order valence-corrected chi connectivity index (χ1v) is 8.50. The van der Waals surface area contributed by atoms with E-state index in [9.17, 15) is 4.79 Å². The smallest absolute Gasteiger partial charge is 0.258 e. The number of carbonyl (C=O) groups is 1. The summed E-state index contributed by atoms with van der Waals surface area (Å²) in [5.74, 6) is 0.313. The van der Waals surface area contributed by atoms with Gasteiger partial charge in [0.1, 0.15) is 5.01 Å². The van der Waals surface area contributed by atoms with Gasteiger partial charge in [0.25, 0.3) is 5.91 Å². The number of nitrogens with one attached hydrogen (secondary N) is 1. The van der Waals surface area contributed by atoms with Crippen LogP contribution in [0.5, 0.6) is 0 Å². The van der Waals surface area contributed by atoms with Gasteiger partial charge >= 0.3 is 0 Å². The number of carbonyl (C=O) groups excluding carboxylic acids is 1. The number of hydrogen-bond donors (Lipinski definition) is 1. The van der Waals surface area contributed by atoms with Gasteiger partial charge in [0.2, 0.25) is 5.13 Å². The highest BCUT2D eigenvalue weighted by Crippen LogP contribution is 2.28. The van der Waals surface area contributed by atoms with Crippen molar-refractivity contribution >= 4 is 22.4 Å². The van der Waals surface area contributed by atoms with Crippen molar-refractivity contribution in [3.05, 3.63) is 39.4 Å². The minimum absolute atomic E-state index is 0.109. The minimum Gasteiger partial charge on any atom is -0.296 e. The summed E-state index contributed by atoms with van der Waals surface area (Å²) in [5.41, 5.74) is 3.86. The zero-order valence-corrected chi connectivity index (χ0v) is 14.7. The number of aryl methyl sites for hydroxylation is 3. The summed E-state index contributed by atoms with van der Waals surface area (Å²) in [6, 6.07) is 4.05. The van der Waals surface area contributed by atoms with E-state index in [1.807, 2.05) is 32.9 Å². The minimum atomic E-state index is -0.109. The maximum Gasteiger partial charge on any atom is 0.258 e. The van der Waals surface area contributed by atoms with E-state index in [1.54, 1.807) is 0 Å². The molecule has 0 aliphatic carbocycles. The second-order valence-electron chi connectivity index (χ2n) is 5.69. The lowest BCUT2D eigenvalue weighted by Gasteiger charge is -2.10. The van der Waals surface area contributed by atoms with E-state index in [1.165, 1.54) is 16.9 Å². The summed E-state index contributed by atoms with van der Waals surface area (Å²) < 4.78 is 0. The molecular weight excluding hydrogens is 294 g/mol. The summed E-state index contributed by atoms with van der Waals surface area (Å²) >= 11 is 1.47. The lowest BCUT2D eigenvalue weighted by Crippen LogP contribution is -2.15. The highest BCUT2D eigenvalue weighted by molar-refractivity contribution is 7.15. The van der Waals surface area contributed by atoms with Gasteiger partial charge in [-0.3, -0.25) is 10.1 Å². The lowest BCUT2D eigenvalue weighted by molar-refractivity contribution is 0.102. The lowest BCUT2D eigenvalue weighted by atomic mass is 9.99. The highest BCUT2D eigenvalue weighted by atomic mass is 32.1. The first kappa shape index (κ1) is 16.6. The molecule has 1 aromatic heterocycles. The molecule has 0 spiro atoms. The SMILES string of the molecule is CCC(CC)c1nnc(NC(=O)c2c(C)cc(C)cc2C)s1. The molecule has 4 nitrogen and oxygen atoms in total. The normalized spacial score (nSPS) is 11.0. The van der Waals surface area contributed by atoms with E-state index < -0.39 is 0 Å². The van der Waals surface area contributed by atoms with Crippen molar-refractivity contribution in [1.29, 1.82) is 0 Å². The van der Waals surface area contributed by atoms with Crippen molar-refractivity contribution in [2.24, 2.45) is 0 Å². The Balaban J connectivity index is 2.20. The Morgan fingerprint density at radius 2 is 1.73 bits per heavy atom. The fourth-order valence-electron chi connectivity index (χ4n) is 2.79. The molecule has 1 N–H and O–H groups in total. The van der Waals surface area contributed by atoms with Crippen LogP contribution in [-0.2, 0) is 0 Å². The molecule has 0 fully saturated rings. The van der Waals surface area contributed by atoms with Crippen LogP contribution in [0.3, 0.4) is 0 Å². The van der Waals surface area contributed by atoms with Crippen molar-refractivity contribution in [2.75, 3.05) is 5.32 Å². The quantitative estimate of drug-likeness (QED) is 0.875. The molecule has 0 bridgehead atoms. The summed E-state index contributed by atoms with van der Waals surface area (Å²) in [6.07, 6.45) is 2.07. The average Bonchev–Trinajstić information content (AvgIpc) is 2.87. The summed E-state index contributed by atoms with van der Waals surface area (Å²) in [5, 5.41) is 12.8. The Hall–Kier alpha value is -1.75. The van der Waals surface area contributed by atoms with Crippen molar-refractivity contribution < 1.29 is 4.79 Å². The van der Waals surface area contributed by atoms with Crippen LogP contribution in [0.15, 0.2) is 12.1 Å². The van der Waals surface area contributed by atoms with Crippen LogP contribution in [0, 0.1) is 20.8 Å². The monoisotopic (exact) mass is 317 g/mol. The molecule has 0 unspecified atom stereocenters. The predicted molar refractivity (Wildman–Crippen MR) is 91.8 cm³/mol. The first-order chi connectivity index (χ1) is 10.5. The van der Waals surface area contributed by atoms with Gasteiger partial charge in [0, 0.05) is 11.5 Å². The van der Waals surface area contributed by atoms with Crippen LogP contribution >= 0.6 is 11.3 Å². The zero-order valence-electron chi connectivity index (χ0n) is 13.9. The third kappa shape index (κ3) is 3.53. The van der Waals surface area contributed by atoms with Crippen molar-refractivity contribution in [2.45, 2.75) is 53.4 Å². The predicted octanol–water partition coefficient (Wildman–Crippen LogP) is 4.62. The largest absolute Gasteiger partial charge is 0.296 e. The third-order valence-electron chi connectivity index (χ3n) is 3.90. The van der Waals surface area contributed by atoms with Gasteiger partial charge in [0.05, 0.1) is 0 Å². The number of nitrogens with zero attached hydrogens (tertiary/aromatic N) is 2. The molecule has 0 atom stereocenters. The first-order valence-electron chi connectivity index (χ1n) is 7.68. The zero-order chi connectivity index (χ0) is 16.3. The van der Waals surface area contributed by atoms with Crippen LogP contribution in [0.25, 0.3) is 0 Å². The number of hydrogen-bond acceptors (Lipinski definition) is 4. The molecule has 2 aromatic rings. The number of rotatable bonds is 5. The maximum absolute atomic E-state index is 12.5. The van der Waals surface area contributed by atoms with Gasteiger partial charge in [-0.2, -0.15) is 0 Å². The topological polar surface area (TPSA) is 54.9 Å². The van der Waals surface area contributed by atoms with E-state index in [4.69, 9.17) is 0 Å². The number of aromatic nitrogens is 2. The molecule has 2 rings (SSSR count). The molecule has 118 valence electrons. The van der Waals surface area contributed by atoms with Gasteiger partial charge in [-0.05, 0) is 44.7 Å². The van der Waals surface area contributed by atoms with Crippen molar-refractivity contribution in [3.8, 4) is 0 Å². The van der Waals surface area contributed by atoms with Crippen molar-refractivity contribution in [1.82, 2.24) is 10.2 Å². The number of benzene rings is 1. The van der Waals surface area contributed by atoms with Crippen LogP contribution in [0.2, 0.25) is 0 Å².